The zero-order chi connectivity index (χ0) is 5.28. The minimum Gasteiger partial charge on any atom is -0.276 e. The maximum atomic E-state index is 10.2. The first-order valence-corrected chi connectivity index (χ1v) is 2.75. The molecule has 1 aromatic rings. The van der Waals surface area contributed by atoms with Gasteiger partial charge in [0.05, 0.1) is 0 Å². The highest BCUT2D eigenvalue weighted by molar-refractivity contribution is 7.06. The molecule has 2 nitrogen and oxygen atoms in total. The van der Waals surface area contributed by atoms with E-state index in [2.05, 4.69) is 0 Å². The maximum Gasteiger partial charge on any atom is 0.250 e. The van der Waals surface area contributed by atoms with Crippen molar-refractivity contribution in [2.45, 2.75) is 0 Å². The molecule has 0 amide bonds. The highest BCUT2D eigenvalue weighted by Crippen LogP contribution is 1.91. The Morgan fingerprint density at radius 3 is 2.71 bits per heavy atom. The molecule has 1 rings (SSSR count). The lowest BCUT2D eigenvalue weighted by molar-refractivity contribution is 1.42. The lowest BCUT2D eigenvalue weighted by atomic mass is 10.8. The summed E-state index contributed by atoms with van der Waals surface area (Å²) in [7, 11) is 0. The molecular formula is C3H2ClNOS. The smallest absolute Gasteiger partial charge is 0.250 e. The van der Waals surface area contributed by atoms with Crippen LogP contribution in [0.25, 0.3) is 0 Å². The average Bonchev–Trinajstić information content (AvgIpc) is 1.87. The number of hydrogen-bond donors (Lipinski definition) is 0. The van der Waals surface area contributed by atoms with Crippen molar-refractivity contribution < 1.29 is 0 Å². The average molecular weight is 136 g/mol. The van der Waals surface area contributed by atoms with E-state index in [1.54, 1.807) is 0 Å². The Labute approximate surface area is 49.2 Å². The van der Waals surface area contributed by atoms with Crippen molar-refractivity contribution in [3.05, 3.63) is 21.8 Å². The molecule has 0 fully saturated rings. The Hall–Kier alpha value is -0.280. The molecule has 0 aliphatic carbocycles. The van der Waals surface area contributed by atoms with Gasteiger partial charge in [0.2, 0.25) is 0 Å². The van der Waals surface area contributed by atoms with Gasteiger partial charge in [0.1, 0.15) is 0 Å². The second-order valence-electron chi connectivity index (χ2n) is 0.998. The first kappa shape index (κ1) is 4.87. The standard InChI is InChI=1S/C3H2ClNOS/c4-5-2-1-3(6)7-5/h1-2H. The first-order chi connectivity index (χ1) is 3.29. The summed E-state index contributed by atoms with van der Waals surface area (Å²) in [6.45, 7) is 0. The SMILES string of the molecule is O=c1ccn(Cl)s1. The molecule has 1 heterocycles. The Kier molecular flexibility index (Phi) is 1.17. The third kappa shape index (κ3) is 1.04. The van der Waals surface area contributed by atoms with Crippen molar-refractivity contribution in [1.29, 1.82) is 0 Å². The van der Waals surface area contributed by atoms with Crippen LogP contribution in [-0.2, 0) is 0 Å². The van der Waals surface area contributed by atoms with Crippen LogP contribution >= 0.6 is 23.3 Å². The lowest BCUT2D eigenvalue weighted by Gasteiger charge is -1.70. The van der Waals surface area contributed by atoms with Crippen molar-refractivity contribution in [1.82, 2.24) is 3.48 Å². The normalized spacial score (nSPS) is 9.29. The maximum absolute atomic E-state index is 10.2. The largest absolute Gasteiger partial charge is 0.276 e. The molecule has 0 aromatic carbocycles. The van der Waals surface area contributed by atoms with Crippen LogP contribution in [0.3, 0.4) is 0 Å². The van der Waals surface area contributed by atoms with Crippen LogP contribution in [0.15, 0.2) is 17.1 Å². The van der Waals surface area contributed by atoms with Crippen LogP contribution in [0.1, 0.15) is 0 Å². The van der Waals surface area contributed by atoms with E-state index < -0.39 is 0 Å². The Morgan fingerprint density at radius 1 is 1.86 bits per heavy atom. The van der Waals surface area contributed by atoms with Crippen molar-refractivity contribution in [2.24, 2.45) is 0 Å². The molecule has 38 valence electrons. The first-order valence-electron chi connectivity index (χ1n) is 1.64. The van der Waals surface area contributed by atoms with Crippen molar-refractivity contribution >= 4 is 23.3 Å². The van der Waals surface area contributed by atoms with Crippen molar-refractivity contribution in [2.75, 3.05) is 0 Å². The van der Waals surface area contributed by atoms with Gasteiger partial charge in [-0.2, -0.15) is 0 Å². The van der Waals surface area contributed by atoms with Gasteiger partial charge in [-0.15, -0.1) is 0 Å². The number of rotatable bonds is 0. The summed E-state index contributed by atoms with van der Waals surface area (Å²) in [5.74, 6) is 0. The van der Waals surface area contributed by atoms with E-state index in [0.717, 1.165) is 11.5 Å². The van der Waals surface area contributed by atoms with Crippen LogP contribution < -0.4 is 4.74 Å². The topological polar surface area (TPSA) is 22.0 Å². The zero-order valence-corrected chi connectivity index (χ0v) is 4.87. The third-order valence-electron chi connectivity index (χ3n) is 0.505. The van der Waals surface area contributed by atoms with Gasteiger partial charge in [-0.3, -0.25) is 4.79 Å². The van der Waals surface area contributed by atoms with Crippen molar-refractivity contribution in [3.8, 4) is 0 Å². The molecule has 0 saturated heterocycles. The quantitative estimate of drug-likeness (QED) is 0.519. The number of hydrogen-bond acceptors (Lipinski definition) is 2. The van der Waals surface area contributed by atoms with E-state index in [1.165, 1.54) is 15.7 Å². The summed E-state index contributed by atoms with van der Waals surface area (Å²) in [4.78, 5) is 10.2. The van der Waals surface area contributed by atoms with E-state index >= 15 is 0 Å². The molecule has 1 aromatic heterocycles. The summed E-state index contributed by atoms with van der Waals surface area (Å²) in [6, 6.07) is 1.41. The fourth-order valence-corrected chi connectivity index (χ4v) is 0.942. The van der Waals surface area contributed by atoms with Gasteiger partial charge in [0.25, 0.3) is 4.74 Å². The molecule has 0 aliphatic heterocycles. The van der Waals surface area contributed by atoms with E-state index in [1.807, 2.05) is 0 Å². The van der Waals surface area contributed by atoms with Crippen LogP contribution in [0, 0.1) is 0 Å². The fraction of sp³-hybridized carbons (Fsp3) is 0. The van der Waals surface area contributed by atoms with Gasteiger partial charge >= 0.3 is 0 Å². The molecule has 0 saturated carbocycles. The minimum atomic E-state index is -0.0185. The van der Waals surface area contributed by atoms with Crippen LogP contribution in [0.4, 0.5) is 0 Å². The summed E-state index contributed by atoms with van der Waals surface area (Å²) in [5.41, 5.74) is 0. The number of halogens is 1. The van der Waals surface area contributed by atoms with Crippen LogP contribution in [-0.4, -0.2) is 3.48 Å². The van der Waals surface area contributed by atoms with Gasteiger partial charge in [0.15, 0.2) is 0 Å². The number of aromatic nitrogens is 1. The Morgan fingerprint density at radius 2 is 2.57 bits per heavy atom. The molecule has 0 aliphatic rings. The summed E-state index contributed by atoms with van der Waals surface area (Å²) < 4.78 is 1.22. The Bertz CT molecular complexity index is 203. The molecule has 0 unspecified atom stereocenters. The second-order valence-corrected chi connectivity index (χ2v) is 2.54. The molecular weight excluding hydrogens is 134 g/mol. The lowest BCUT2D eigenvalue weighted by Crippen LogP contribution is -1.79. The summed E-state index contributed by atoms with van der Waals surface area (Å²) >= 11 is 6.26. The Balaban J connectivity index is 3.30. The zero-order valence-electron chi connectivity index (χ0n) is 3.30. The van der Waals surface area contributed by atoms with E-state index in [9.17, 15) is 4.79 Å². The minimum absolute atomic E-state index is 0.0185. The summed E-state index contributed by atoms with van der Waals surface area (Å²) in [6.07, 6.45) is 1.51. The van der Waals surface area contributed by atoms with Gasteiger partial charge < -0.3 is 0 Å². The van der Waals surface area contributed by atoms with Gasteiger partial charge in [0, 0.05) is 35.6 Å². The highest BCUT2D eigenvalue weighted by Gasteiger charge is 1.83. The third-order valence-corrected chi connectivity index (χ3v) is 1.44. The van der Waals surface area contributed by atoms with Crippen molar-refractivity contribution in [3.63, 3.8) is 0 Å². The molecule has 0 atom stereocenters. The molecule has 0 bridgehead atoms. The predicted molar refractivity (Wildman–Crippen MR) is 29.8 cm³/mol. The monoisotopic (exact) mass is 135 g/mol. The van der Waals surface area contributed by atoms with E-state index in [4.69, 9.17) is 11.8 Å². The molecule has 0 spiro atoms. The molecule has 0 N–H and O–H groups in total. The van der Waals surface area contributed by atoms with Gasteiger partial charge in [-0.25, -0.2) is 3.48 Å². The van der Waals surface area contributed by atoms with Crippen LogP contribution in [0.2, 0.25) is 0 Å². The second kappa shape index (κ2) is 1.68. The number of nitrogens with zero attached hydrogens (tertiary/aromatic N) is 1. The highest BCUT2D eigenvalue weighted by atomic mass is 35.5. The fourth-order valence-electron chi connectivity index (χ4n) is 0.266. The van der Waals surface area contributed by atoms with E-state index in [-0.39, 0.29) is 4.74 Å². The summed E-state index contributed by atoms with van der Waals surface area (Å²) in [5, 5.41) is 0. The predicted octanol–water partition coefficient (Wildman–Crippen LogP) is 0.912. The van der Waals surface area contributed by atoms with Crippen LogP contribution in [0.5, 0.6) is 0 Å². The molecule has 7 heavy (non-hydrogen) atoms. The molecule has 4 heteroatoms. The van der Waals surface area contributed by atoms with Gasteiger partial charge in [-0.1, -0.05) is 0 Å². The van der Waals surface area contributed by atoms with E-state index in [0.29, 0.717) is 0 Å². The van der Waals surface area contributed by atoms with Gasteiger partial charge in [-0.05, 0) is 0 Å². The molecule has 0 radical (unpaired) electrons.